The van der Waals surface area contributed by atoms with Crippen LogP contribution in [0.3, 0.4) is 0 Å². The standard InChI is InChI=1S/C16H11NOS/c1-2-13(18)15-14(11-7-4-3-5-8-11)12-9-6-10-17-16(12)19-15/h2-10H,1H2. The number of thiophene rings is 1. The van der Waals surface area contributed by atoms with Crippen molar-refractivity contribution in [2.75, 3.05) is 0 Å². The second-order valence-corrected chi connectivity index (χ2v) is 5.10. The number of rotatable bonds is 3. The number of aromatic nitrogens is 1. The van der Waals surface area contributed by atoms with E-state index in [4.69, 9.17) is 0 Å². The van der Waals surface area contributed by atoms with Crippen molar-refractivity contribution in [3.8, 4) is 11.1 Å². The van der Waals surface area contributed by atoms with Crippen molar-refractivity contribution in [3.05, 3.63) is 66.2 Å². The van der Waals surface area contributed by atoms with Gasteiger partial charge in [-0.05, 0) is 23.8 Å². The first-order chi connectivity index (χ1) is 9.31. The molecule has 19 heavy (non-hydrogen) atoms. The van der Waals surface area contributed by atoms with Crippen LogP contribution in [0.25, 0.3) is 21.3 Å². The lowest BCUT2D eigenvalue weighted by atomic mass is 10.0. The number of allylic oxidation sites excluding steroid dienone is 1. The van der Waals surface area contributed by atoms with Gasteiger partial charge >= 0.3 is 0 Å². The summed E-state index contributed by atoms with van der Waals surface area (Å²) in [7, 11) is 0. The average Bonchev–Trinajstić information content (AvgIpc) is 2.86. The topological polar surface area (TPSA) is 30.0 Å². The Labute approximate surface area is 115 Å². The molecule has 0 unspecified atom stereocenters. The summed E-state index contributed by atoms with van der Waals surface area (Å²) >= 11 is 1.42. The van der Waals surface area contributed by atoms with Crippen LogP contribution < -0.4 is 0 Å². The fraction of sp³-hybridized carbons (Fsp3) is 0. The molecule has 0 aliphatic heterocycles. The molecule has 92 valence electrons. The van der Waals surface area contributed by atoms with Crippen molar-refractivity contribution < 1.29 is 4.79 Å². The third-order valence-corrected chi connectivity index (χ3v) is 4.07. The van der Waals surface area contributed by atoms with E-state index in [2.05, 4.69) is 11.6 Å². The first kappa shape index (κ1) is 11.8. The Morgan fingerprint density at radius 2 is 1.95 bits per heavy atom. The molecule has 0 amide bonds. The van der Waals surface area contributed by atoms with Crippen molar-refractivity contribution in [1.29, 1.82) is 0 Å². The third kappa shape index (κ3) is 1.98. The molecule has 0 radical (unpaired) electrons. The minimum Gasteiger partial charge on any atom is -0.288 e. The highest BCUT2D eigenvalue weighted by molar-refractivity contribution is 7.21. The summed E-state index contributed by atoms with van der Waals surface area (Å²) in [5, 5.41) is 1.02. The van der Waals surface area contributed by atoms with Crippen molar-refractivity contribution >= 4 is 27.3 Å². The van der Waals surface area contributed by atoms with Crippen molar-refractivity contribution in [2.24, 2.45) is 0 Å². The summed E-state index contributed by atoms with van der Waals surface area (Å²) in [6, 6.07) is 13.8. The number of benzene rings is 1. The molecule has 0 N–H and O–H groups in total. The van der Waals surface area contributed by atoms with Gasteiger partial charge in [0.15, 0.2) is 5.78 Å². The number of hydrogen-bond donors (Lipinski definition) is 0. The Morgan fingerprint density at radius 1 is 1.16 bits per heavy atom. The van der Waals surface area contributed by atoms with Crippen LogP contribution in [0.4, 0.5) is 0 Å². The van der Waals surface area contributed by atoms with Crippen LogP contribution in [-0.2, 0) is 0 Å². The largest absolute Gasteiger partial charge is 0.288 e. The molecule has 2 nitrogen and oxygen atoms in total. The quantitative estimate of drug-likeness (QED) is 0.521. The maximum absolute atomic E-state index is 12.0. The lowest BCUT2D eigenvalue weighted by Crippen LogP contribution is -1.92. The van der Waals surface area contributed by atoms with E-state index in [1.807, 2.05) is 42.5 Å². The molecule has 2 heterocycles. The Bertz CT molecular complexity index is 759. The summed E-state index contributed by atoms with van der Waals surface area (Å²) < 4.78 is 0. The van der Waals surface area contributed by atoms with E-state index in [9.17, 15) is 4.79 Å². The minimum atomic E-state index is -0.0538. The fourth-order valence-corrected chi connectivity index (χ4v) is 3.19. The Kier molecular flexibility index (Phi) is 2.97. The zero-order chi connectivity index (χ0) is 13.2. The molecule has 2 aromatic heterocycles. The molecule has 0 saturated heterocycles. The monoisotopic (exact) mass is 265 g/mol. The minimum absolute atomic E-state index is 0.0538. The highest BCUT2D eigenvalue weighted by atomic mass is 32.1. The van der Waals surface area contributed by atoms with Crippen molar-refractivity contribution in [1.82, 2.24) is 4.98 Å². The molecule has 0 spiro atoms. The molecule has 3 aromatic rings. The van der Waals surface area contributed by atoms with Gasteiger partial charge in [-0.25, -0.2) is 4.98 Å². The van der Waals surface area contributed by atoms with Crippen LogP contribution in [0, 0.1) is 0 Å². The van der Waals surface area contributed by atoms with Gasteiger partial charge in [0.1, 0.15) is 4.83 Å². The Hall–Kier alpha value is -2.26. The number of hydrogen-bond acceptors (Lipinski definition) is 3. The van der Waals surface area contributed by atoms with Gasteiger partial charge in [0.2, 0.25) is 0 Å². The van der Waals surface area contributed by atoms with Gasteiger partial charge in [0.25, 0.3) is 0 Å². The van der Waals surface area contributed by atoms with Crippen LogP contribution in [0.1, 0.15) is 9.67 Å². The molecule has 0 fully saturated rings. The highest BCUT2D eigenvalue weighted by Crippen LogP contribution is 2.37. The van der Waals surface area contributed by atoms with Crippen LogP contribution in [0.15, 0.2) is 61.3 Å². The summed E-state index contributed by atoms with van der Waals surface area (Å²) in [6.07, 6.45) is 3.10. The van der Waals surface area contributed by atoms with Crippen LogP contribution in [0.5, 0.6) is 0 Å². The molecule has 0 saturated carbocycles. The molecular weight excluding hydrogens is 254 g/mol. The second kappa shape index (κ2) is 4.78. The zero-order valence-electron chi connectivity index (χ0n) is 10.2. The molecule has 3 heteroatoms. The van der Waals surface area contributed by atoms with E-state index in [-0.39, 0.29) is 5.78 Å². The van der Waals surface area contributed by atoms with E-state index in [0.717, 1.165) is 21.3 Å². The van der Waals surface area contributed by atoms with Gasteiger partial charge in [-0.1, -0.05) is 36.9 Å². The summed E-state index contributed by atoms with van der Waals surface area (Å²) in [6.45, 7) is 3.58. The molecule has 0 aliphatic carbocycles. The molecule has 0 aliphatic rings. The first-order valence-electron chi connectivity index (χ1n) is 5.91. The number of carbonyl (C=O) groups excluding carboxylic acids is 1. The van der Waals surface area contributed by atoms with Gasteiger partial charge in [-0.2, -0.15) is 0 Å². The van der Waals surface area contributed by atoms with Crippen molar-refractivity contribution in [3.63, 3.8) is 0 Å². The third-order valence-electron chi connectivity index (χ3n) is 2.94. The number of carbonyl (C=O) groups is 1. The Morgan fingerprint density at radius 3 is 2.68 bits per heavy atom. The predicted octanol–water partition coefficient (Wildman–Crippen LogP) is 4.33. The predicted molar refractivity (Wildman–Crippen MR) is 79.6 cm³/mol. The van der Waals surface area contributed by atoms with Gasteiger partial charge in [0.05, 0.1) is 4.88 Å². The first-order valence-corrected chi connectivity index (χ1v) is 6.72. The van der Waals surface area contributed by atoms with Crippen molar-refractivity contribution in [2.45, 2.75) is 0 Å². The molecule has 3 rings (SSSR count). The lowest BCUT2D eigenvalue weighted by molar-refractivity contribution is 0.105. The summed E-state index contributed by atoms with van der Waals surface area (Å²) in [5.74, 6) is -0.0538. The van der Waals surface area contributed by atoms with Crippen LogP contribution in [-0.4, -0.2) is 10.8 Å². The van der Waals surface area contributed by atoms with Gasteiger partial charge in [0, 0.05) is 17.1 Å². The second-order valence-electron chi connectivity index (χ2n) is 4.10. The Balaban J connectivity index is 2.37. The summed E-state index contributed by atoms with van der Waals surface area (Å²) in [4.78, 5) is 18.0. The lowest BCUT2D eigenvalue weighted by Gasteiger charge is -2.02. The maximum atomic E-state index is 12.0. The smallest absolute Gasteiger partial charge is 0.195 e. The van der Waals surface area contributed by atoms with Gasteiger partial charge < -0.3 is 0 Å². The SMILES string of the molecule is C=CC(=O)c1sc2ncccc2c1-c1ccccc1. The molecule has 0 bridgehead atoms. The van der Waals surface area contributed by atoms with E-state index in [1.165, 1.54) is 17.4 Å². The van der Waals surface area contributed by atoms with E-state index < -0.39 is 0 Å². The number of fused-ring (bicyclic) bond motifs is 1. The van der Waals surface area contributed by atoms with E-state index in [0.29, 0.717) is 4.88 Å². The van der Waals surface area contributed by atoms with Crippen LogP contribution >= 0.6 is 11.3 Å². The van der Waals surface area contributed by atoms with E-state index in [1.54, 1.807) is 6.20 Å². The normalized spacial score (nSPS) is 10.5. The number of ketones is 1. The average molecular weight is 265 g/mol. The summed E-state index contributed by atoms with van der Waals surface area (Å²) in [5.41, 5.74) is 1.99. The van der Waals surface area contributed by atoms with Crippen LogP contribution in [0.2, 0.25) is 0 Å². The molecule has 0 atom stereocenters. The zero-order valence-corrected chi connectivity index (χ0v) is 11.0. The highest BCUT2D eigenvalue weighted by Gasteiger charge is 2.18. The van der Waals surface area contributed by atoms with E-state index >= 15 is 0 Å². The maximum Gasteiger partial charge on any atom is 0.195 e. The molecular formula is C16H11NOS. The number of nitrogens with zero attached hydrogens (tertiary/aromatic N) is 1. The number of pyridine rings is 1. The molecule has 1 aromatic carbocycles. The fourth-order valence-electron chi connectivity index (χ4n) is 2.09. The van der Waals surface area contributed by atoms with Gasteiger partial charge in [-0.15, -0.1) is 11.3 Å². The van der Waals surface area contributed by atoms with Gasteiger partial charge in [-0.3, -0.25) is 4.79 Å².